The molecule has 1 aliphatic heterocycles. The number of hydrogen-bond donors (Lipinski definition) is 1. The molecule has 4 nitrogen and oxygen atoms in total. The summed E-state index contributed by atoms with van der Waals surface area (Å²) in [5.74, 6) is 0.729. The predicted molar refractivity (Wildman–Crippen MR) is 91.5 cm³/mol. The Balaban J connectivity index is 2.10. The maximum atomic E-state index is 4.62. The molecule has 1 aliphatic rings. The van der Waals surface area contributed by atoms with Crippen LogP contribution in [0.5, 0.6) is 0 Å². The Labute approximate surface area is 137 Å². The monoisotopic (exact) mass is 356 g/mol. The molecule has 2 rings (SSSR count). The average Bonchev–Trinajstić information content (AvgIpc) is 2.68. The lowest BCUT2D eigenvalue weighted by Gasteiger charge is -2.28. The molecule has 1 fully saturated rings. The van der Waals surface area contributed by atoms with E-state index in [1.807, 2.05) is 0 Å². The number of halogens is 1. The fourth-order valence-electron chi connectivity index (χ4n) is 3.07. The molecule has 1 saturated heterocycles. The summed E-state index contributed by atoms with van der Waals surface area (Å²) in [5.41, 5.74) is 2.41. The summed E-state index contributed by atoms with van der Waals surface area (Å²) in [6, 6.07) is 0.607. The van der Waals surface area contributed by atoms with Crippen LogP contribution in [0.25, 0.3) is 0 Å². The van der Waals surface area contributed by atoms with Crippen LogP contribution in [0.3, 0.4) is 0 Å². The molecule has 0 saturated carbocycles. The predicted octanol–water partition coefficient (Wildman–Crippen LogP) is 3.18. The normalized spacial score (nSPS) is 22.2. The largest absolute Gasteiger partial charge is 0.312 e. The van der Waals surface area contributed by atoms with Crippen molar-refractivity contribution < 1.29 is 0 Å². The Hall–Kier alpha value is -0.390. The summed E-state index contributed by atoms with van der Waals surface area (Å²) >= 11 is 3.72. The fourth-order valence-corrected chi connectivity index (χ4v) is 3.47. The van der Waals surface area contributed by atoms with Crippen molar-refractivity contribution in [2.45, 2.75) is 59.7 Å². The van der Waals surface area contributed by atoms with Crippen molar-refractivity contribution in [2.24, 2.45) is 5.92 Å². The second-order valence-corrected chi connectivity index (χ2v) is 6.99. The lowest BCUT2D eigenvalue weighted by atomic mass is 9.99. The highest BCUT2D eigenvalue weighted by atomic mass is 79.9. The van der Waals surface area contributed by atoms with Gasteiger partial charge in [0, 0.05) is 25.7 Å². The minimum absolute atomic E-state index is 0.607. The van der Waals surface area contributed by atoms with Crippen LogP contribution in [-0.2, 0) is 13.1 Å². The van der Waals surface area contributed by atoms with Crippen LogP contribution in [0, 0.1) is 12.8 Å². The molecule has 0 spiro atoms. The highest BCUT2D eigenvalue weighted by Crippen LogP contribution is 2.23. The van der Waals surface area contributed by atoms with Crippen LogP contribution in [-0.4, -0.2) is 40.4 Å². The number of rotatable bonds is 5. The molecular formula is C16H29BrN4. The Morgan fingerprint density at radius 2 is 2.19 bits per heavy atom. The Morgan fingerprint density at radius 3 is 2.86 bits per heavy atom. The van der Waals surface area contributed by atoms with Gasteiger partial charge in [-0.3, -0.25) is 9.58 Å². The topological polar surface area (TPSA) is 33.1 Å². The maximum absolute atomic E-state index is 4.62. The zero-order chi connectivity index (χ0) is 15.4. The third-order valence-electron chi connectivity index (χ3n) is 4.67. The highest BCUT2D eigenvalue weighted by molar-refractivity contribution is 9.10. The number of hydrogen-bond acceptors (Lipinski definition) is 3. The molecule has 0 amide bonds. The van der Waals surface area contributed by atoms with Gasteiger partial charge in [-0.05, 0) is 55.2 Å². The third-order valence-corrected chi connectivity index (χ3v) is 5.70. The van der Waals surface area contributed by atoms with Crippen molar-refractivity contribution in [3.63, 3.8) is 0 Å². The number of aryl methyl sites for hydroxylation is 2. The van der Waals surface area contributed by atoms with E-state index in [9.17, 15) is 0 Å². The summed E-state index contributed by atoms with van der Waals surface area (Å²) < 4.78 is 3.32. The van der Waals surface area contributed by atoms with E-state index >= 15 is 0 Å². The van der Waals surface area contributed by atoms with Crippen LogP contribution < -0.4 is 5.32 Å². The quantitative estimate of drug-likeness (QED) is 0.879. The zero-order valence-corrected chi connectivity index (χ0v) is 15.4. The molecule has 0 radical (unpaired) electrons. The molecule has 120 valence electrons. The van der Waals surface area contributed by atoms with Crippen molar-refractivity contribution in [1.29, 1.82) is 0 Å². The molecule has 2 atom stereocenters. The first-order valence-corrected chi connectivity index (χ1v) is 9.03. The van der Waals surface area contributed by atoms with Crippen molar-refractivity contribution in [1.82, 2.24) is 20.0 Å². The van der Waals surface area contributed by atoms with Gasteiger partial charge in [0.1, 0.15) is 0 Å². The molecule has 21 heavy (non-hydrogen) atoms. The average molecular weight is 357 g/mol. The summed E-state index contributed by atoms with van der Waals surface area (Å²) in [7, 11) is 0. The van der Waals surface area contributed by atoms with Crippen molar-refractivity contribution in [3.8, 4) is 0 Å². The first kappa shape index (κ1) is 17.0. The Morgan fingerprint density at radius 1 is 1.43 bits per heavy atom. The smallest absolute Gasteiger partial charge is 0.0739 e. The maximum Gasteiger partial charge on any atom is 0.0739 e. The van der Waals surface area contributed by atoms with Crippen LogP contribution >= 0.6 is 15.9 Å². The van der Waals surface area contributed by atoms with Gasteiger partial charge in [0.25, 0.3) is 0 Å². The molecule has 1 aromatic rings. The molecule has 2 unspecified atom stereocenters. The van der Waals surface area contributed by atoms with E-state index in [0.29, 0.717) is 6.04 Å². The third kappa shape index (κ3) is 4.08. The van der Waals surface area contributed by atoms with Gasteiger partial charge in [0.2, 0.25) is 0 Å². The van der Waals surface area contributed by atoms with Crippen LogP contribution in [0.4, 0.5) is 0 Å². The molecule has 0 bridgehead atoms. The zero-order valence-electron chi connectivity index (χ0n) is 13.8. The first-order valence-electron chi connectivity index (χ1n) is 8.24. The minimum Gasteiger partial charge on any atom is -0.312 e. The van der Waals surface area contributed by atoms with Gasteiger partial charge in [0.05, 0.1) is 15.9 Å². The number of nitrogens with zero attached hydrogens (tertiary/aromatic N) is 3. The minimum atomic E-state index is 0.607. The van der Waals surface area contributed by atoms with Gasteiger partial charge < -0.3 is 5.32 Å². The standard InChI is InChI=1S/C16H29BrN4/c1-5-12(3)14-10-20(9-7-8-18-14)11-15-16(17)13(4)19-21(15)6-2/h12,14,18H,5-11H2,1-4H3. The molecule has 2 heterocycles. The van der Waals surface area contributed by atoms with E-state index in [4.69, 9.17) is 0 Å². The number of aromatic nitrogens is 2. The Kier molecular flexibility index (Phi) is 6.26. The molecule has 0 aromatic carbocycles. The van der Waals surface area contributed by atoms with Gasteiger partial charge in [0.15, 0.2) is 0 Å². The van der Waals surface area contributed by atoms with Crippen LogP contribution in [0.15, 0.2) is 4.47 Å². The molecular weight excluding hydrogens is 328 g/mol. The lowest BCUT2D eigenvalue weighted by Crippen LogP contribution is -2.42. The SMILES string of the molecule is CCC(C)C1CN(Cc2c(Br)c(C)nn2CC)CCCN1. The van der Waals surface area contributed by atoms with Gasteiger partial charge in [-0.2, -0.15) is 5.10 Å². The van der Waals surface area contributed by atoms with E-state index in [-0.39, 0.29) is 0 Å². The van der Waals surface area contributed by atoms with E-state index in [0.717, 1.165) is 37.8 Å². The highest BCUT2D eigenvalue weighted by Gasteiger charge is 2.23. The lowest BCUT2D eigenvalue weighted by molar-refractivity contribution is 0.225. The molecule has 5 heteroatoms. The molecule has 0 aliphatic carbocycles. The second kappa shape index (κ2) is 7.75. The van der Waals surface area contributed by atoms with Crippen LogP contribution in [0.1, 0.15) is 45.0 Å². The van der Waals surface area contributed by atoms with Gasteiger partial charge >= 0.3 is 0 Å². The fraction of sp³-hybridized carbons (Fsp3) is 0.812. The summed E-state index contributed by atoms with van der Waals surface area (Å²) in [6.45, 7) is 14.2. The van der Waals surface area contributed by atoms with E-state index in [2.05, 4.69) is 63.6 Å². The van der Waals surface area contributed by atoms with Gasteiger partial charge in [-0.15, -0.1) is 0 Å². The molecule has 1 N–H and O–H groups in total. The number of nitrogens with one attached hydrogen (secondary N) is 1. The second-order valence-electron chi connectivity index (χ2n) is 6.20. The summed E-state index contributed by atoms with van der Waals surface area (Å²) in [4.78, 5) is 2.59. The van der Waals surface area contributed by atoms with E-state index < -0.39 is 0 Å². The first-order chi connectivity index (χ1) is 10.1. The van der Waals surface area contributed by atoms with E-state index in [1.54, 1.807) is 0 Å². The van der Waals surface area contributed by atoms with Gasteiger partial charge in [-0.1, -0.05) is 20.3 Å². The summed E-state index contributed by atoms with van der Waals surface area (Å²) in [6.07, 6.45) is 2.46. The Bertz CT molecular complexity index is 457. The van der Waals surface area contributed by atoms with Crippen molar-refractivity contribution in [3.05, 3.63) is 15.9 Å². The van der Waals surface area contributed by atoms with Crippen LogP contribution in [0.2, 0.25) is 0 Å². The van der Waals surface area contributed by atoms with Gasteiger partial charge in [-0.25, -0.2) is 0 Å². The summed E-state index contributed by atoms with van der Waals surface area (Å²) in [5, 5.41) is 8.34. The van der Waals surface area contributed by atoms with Crippen molar-refractivity contribution in [2.75, 3.05) is 19.6 Å². The van der Waals surface area contributed by atoms with E-state index in [1.165, 1.54) is 29.6 Å². The van der Waals surface area contributed by atoms with Crippen molar-refractivity contribution >= 4 is 15.9 Å². The molecule has 1 aromatic heterocycles.